The molecular weight excluding hydrogens is 234 g/mol. The molecule has 1 fully saturated rings. The van der Waals surface area contributed by atoms with Crippen LogP contribution in [0.2, 0.25) is 0 Å². The summed E-state index contributed by atoms with van der Waals surface area (Å²) in [6, 6.07) is 6.67. The normalized spacial score (nSPS) is 34.1. The van der Waals surface area contributed by atoms with Gasteiger partial charge in [0.15, 0.2) is 0 Å². The summed E-state index contributed by atoms with van der Waals surface area (Å²) in [6.07, 6.45) is 3.59. The van der Waals surface area contributed by atoms with Crippen LogP contribution in [0, 0.1) is 5.92 Å². The Morgan fingerprint density at radius 2 is 2.21 bits per heavy atom. The Labute approximate surface area is 116 Å². The van der Waals surface area contributed by atoms with Crippen LogP contribution in [0.4, 0.5) is 0 Å². The molecule has 0 aromatic heterocycles. The lowest BCUT2D eigenvalue weighted by Gasteiger charge is -2.54. The third-order valence-electron chi connectivity index (χ3n) is 5.62. The Hall–Kier alpha value is -1.02. The number of likely N-dealkylation sites (tertiary alicyclic amines) is 1. The van der Waals surface area contributed by atoms with Gasteiger partial charge in [0.2, 0.25) is 0 Å². The molecule has 1 N–H and O–H groups in total. The number of benzene rings is 1. The van der Waals surface area contributed by atoms with E-state index in [1.54, 1.807) is 0 Å². The second-order valence-electron chi connectivity index (χ2n) is 6.61. The highest BCUT2D eigenvalue weighted by Crippen LogP contribution is 2.49. The van der Waals surface area contributed by atoms with Gasteiger partial charge in [-0.2, -0.15) is 0 Å². The van der Waals surface area contributed by atoms with Crippen molar-refractivity contribution in [2.75, 3.05) is 13.1 Å². The van der Waals surface area contributed by atoms with Crippen LogP contribution in [-0.2, 0) is 11.8 Å². The van der Waals surface area contributed by atoms with Crippen LogP contribution in [-0.4, -0.2) is 29.1 Å². The maximum Gasteiger partial charge on any atom is 0.115 e. The highest BCUT2D eigenvalue weighted by Gasteiger charge is 2.48. The van der Waals surface area contributed by atoms with Gasteiger partial charge in [-0.15, -0.1) is 0 Å². The van der Waals surface area contributed by atoms with Crippen molar-refractivity contribution in [3.05, 3.63) is 29.3 Å². The van der Waals surface area contributed by atoms with Crippen molar-refractivity contribution in [2.45, 2.75) is 51.5 Å². The molecule has 0 radical (unpaired) electrons. The molecule has 1 aliphatic heterocycles. The fourth-order valence-electron chi connectivity index (χ4n) is 4.26. The minimum Gasteiger partial charge on any atom is -0.508 e. The Bertz CT molecular complexity index is 484. The third kappa shape index (κ3) is 1.88. The predicted octanol–water partition coefficient (Wildman–Crippen LogP) is 3.33. The van der Waals surface area contributed by atoms with E-state index in [0.717, 1.165) is 6.42 Å². The van der Waals surface area contributed by atoms with Crippen LogP contribution < -0.4 is 0 Å². The van der Waals surface area contributed by atoms with Crippen molar-refractivity contribution in [2.24, 2.45) is 5.92 Å². The van der Waals surface area contributed by atoms with Gasteiger partial charge in [0.25, 0.3) is 0 Å². The Balaban J connectivity index is 2.03. The number of phenols is 1. The molecule has 1 aliphatic carbocycles. The van der Waals surface area contributed by atoms with Gasteiger partial charge in [0, 0.05) is 6.04 Å². The van der Waals surface area contributed by atoms with Gasteiger partial charge in [-0.3, -0.25) is 4.90 Å². The van der Waals surface area contributed by atoms with Crippen molar-refractivity contribution < 1.29 is 5.11 Å². The van der Waals surface area contributed by atoms with E-state index < -0.39 is 0 Å². The van der Waals surface area contributed by atoms with E-state index in [2.05, 4.69) is 31.7 Å². The number of hydrogen-bond donors (Lipinski definition) is 1. The van der Waals surface area contributed by atoms with Crippen LogP contribution in [0.5, 0.6) is 5.75 Å². The molecule has 3 atom stereocenters. The van der Waals surface area contributed by atoms with Crippen molar-refractivity contribution >= 4 is 0 Å². The largest absolute Gasteiger partial charge is 0.508 e. The molecule has 0 amide bonds. The molecule has 1 aromatic rings. The quantitative estimate of drug-likeness (QED) is 0.880. The van der Waals surface area contributed by atoms with Gasteiger partial charge >= 0.3 is 0 Å². The van der Waals surface area contributed by atoms with Crippen molar-refractivity contribution in [1.82, 2.24) is 4.90 Å². The smallest absolute Gasteiger partial charge is 0.115 e. The van der Waals surface area contributed by atoms with E-state index in [1.807, 2.05) is 12.1 Å². The summed E-state index contributed by atoms with van der Waals surface area (Å²) in [6.45, 7) is 9.49. The number of aromatic hydroxyl groups is 1. The van der Waals surface area contributed by atoms with Crippen LogP contribution in [0.15, 0.2) is 18.2 Å². The Kier molecular flexibility index (Phi) is 3.09. The van der Waals surface area contributed by atoms with Crippen molar-refractivity contribution in [1.29, 1.82) is 0 Å². The first kappa shape index (κ1) is 13.0. The highest BCUT2D eigenvalue weighted by atomic mass is 16.3. The van der Waals surface area contributed by atoms with E-state index in [9.17, 15) is 5.11 Å². The zero-order valence-electron chi connectivity index (χ0n) is 12.3. The van der Waals surface area contributed by atoms with Crippen LogP contribution >= 0.6 is 0 Å². The fraction of sp³-hybridized carbons (Fsp3) is 0.647. The summed E-state index contributed by atoms with van der Waals surface area (Å²) in [5.41, 5.74) is 3.08. The lowest BCUT2D eigenvalue weighted by molar-refractivity contribution is 0.0315. The molecule has 0 saturated carbocycles. The number of fused-ring (bicyclic) bond motifs is 4. The Morgan fingerprint density at radius 1 is 1.42 bits per heavy atom. The number of hydrogen-bond acceptors (Lipinski definition) is 2. The molecule has 1 saturated heterocycles. The van der Waals surface area contributed by atoms with Gasteiger partial charge in [-0.1, -0.05) is 26.8 Å². The lowest BCUT2D eigenvalue weighted by Crippen LogP contribution is -2.57. The summed E-state index contributed by atoms with van der Waals surface area (Å²) >= 11 is 0. The van der Waals surface area contributed by atoms with Gasteiger partial charge in [0.1, 0.15) is 5.75 Å². The minimum atomic E-state index is 0.237. The first-order valence-corrected chi connectivity index (χ1v) is 7.62. The van der Waals surface area contributed by atoms with E-state index in [4.69, 9.17) is 0 Å². The first-order chi connectivity index (χ1) is 9.06. The molecule has 104 valence electrons. The van der Waals surface area contributed by atoms with E-state index >= 15 is 0 Å². The van der Waals surface area contributed by atoms with Crippen molar-refractivity contribution in [3.63, 3.8) is 0 Å². The van der Waals surface area contributed by atoms with Gasteiger partial charge in [-0.25, -0.2) is 0 Å². The van der Waals surface area contributed by atoms with Gasteiger partial charge in [0.05, 0.1) is 0 Å². The highest BCUT2D eigenvalue weighted by molar-refractivity contribution is 5.44. The zero-order valence-corrected chi connectivity index (χ0v) is 12.3. The molecule has 0 unspecified atom stereocenters. The van der Waals surface area contributed by atoms with E-state index in [1.165, 1.54) is 37.1 Å². The Morgan fingerprint density at radius 3 is 2.95 bits per heavy atom. The van der Waals surface area contributed by atoms with Crippen molar-refractivity contribution in [3.8, 4) is 5.75 Å². The maximum atomic E-state index is 9.81. The van der Waals surface area contributed by atoms with Gasteiger partial charge in [-0.05, 0) is 66.9 Å². The fourth-order valence-corrected chi connectivity index (χ4v) is 4.26. The average Bonchev–Trinajstić information content (AvgIpc) is 2.38. The predicted molar refractivity (Wildman–Crippen MR) is 78.6 cm³/mol. The molecule has 2 bridgehead atoms. The van der Waals surface area contributed by atoms with Crippen LogP contribution in [0.25, 0.3) is 0 Å². The molecule has 19 heavy (non-hydrogen) atoms. The standard InChI is InChI=1S/C17H25NO/c1-4-8-18-9-7-17(3)12(2)16(18)10-13-5-6-14(19)11-15(13)17/h5-6,11-12,16,19H,4,7-10H2,1-3H3/t12-,16-,17+/m0/s1. The minimum absolute atomic E-state index is 0.237. The molecule has 2 heteroatoms. The van der Waals surface area contributed by atoms with Gasteiger partial charge < -0.3 is 5.11 Å². The lowest BCUT2D eigenvalue weighted by atomic mass is 9.59. The molecule has 1 aromatic carbocycles. The third-order valence-corrected chi connectivity index (χ3v) is 5.62. The molecule has 3 rings (SSSR count). The van der Waals surface area contributed by atoms with E-state index in [-0.39, 0.29) is 5.41 Å². The summed E-state index contributed by atoms with van der Waals surface area (Å²) < 4.78 is 0. The summed E-state index contributed by atoms with van der Waals surface area (Å²) in [7, 11) is 0. The number of piperidine rings is 1. The monoisotopic (exact) mass is 259 g/mol. The second-order valence-corrected chi connectivity index (χ2v) is 6.61. The van der Waals surface area contributed by atoms with E-state index in [0.29, 0.717) is 17.7 Å². The number of nitrogens with zero attached hydrogens (tertiary/aromatic N) is 1. The number of rotatable bonds is 2. The van der Waals surface area contributed by atoms with Crippen LogP contribution in [0.3, 0.4) is 0 Å². The second kappa shape index (κ2) is 4.52. The maximum absolute atomic E-state index is 9.81. The molecule has 2 nitrogen and oxygen atoms in total. The molecule has 2 aliphatic rings. The molecule has 1 heterocycles. The zero-order chi connectivity index (χ0) is 13.6. The summed E-state index contributed by atoms with van der Waals surface area (Å²) in [5, 5.41) is 9.81. The average molecular weight is 259 g/mol. The number of phenolic OH excluding ortho intramolecular Hbond substituents is 1. The SMILES string of the molecule is CCCN1CC[C@@]2(C)c3cc(O)ccc3C[C@H]1[C@@H]2C. The molecule has 0 spiro atoms. The molecular formula is C17H25NO. The first-order valence-electron chi connectivity index (χ1n) is 7.62. The topological polar surface area (TPSA) is 23.5 Å². The van der Waals surface area contributed by atoms with Crippen LogP contribution in [0.1, 0.15) is 44.7 Å². The summed E-state index contributed by atoms with van der Waals surface area (Å²) in [5.74, 6) is 1.09. The summed E-state index contributed by atoms with van der Waals surface area (Å²) in [4.78, 5) is 2.68.